The lowest BCUT2D eigenvalue weighted by Crippen LogP contribution is -2.22. The van der Waals surface area contributed by atoms with Crippen molar-refractivity contribution >= 4 is 28.6 Å². The fraction of sp³-hybridized carbons (Fsp3) is 0.132. The molecule has 0 aromatic heterocycles. The summed E-state index contributed by atoms with van der Waals surface area (Å²) in [6.45, 7) is 2.50. The monoisotopic (exact) mass is 581 g/mol. The van der Waals surface area contributed by atoms with Crippen LogP contribution in [0.3, 0.4) is 0 Å². The number of benzene rings is 5. The van der Waals surface area contributed by atoms with Gasteiger partial charge in [-0.1, -0.05) is 103 Å². The average Bonchev–Trinajstić information content (AvgIpc) is 3.39. The Morgan fingerprint density at radius 1 is 0.659 bits per heavy atom. The molecule has 6 nitrogen and oxygen atoms in total. The number of hydrogen-bond donors (Lipinski definition) is 2. The summed E-state index contributed by atoms with van der Waals surface area (Å²) < 4.78 is 11.0. The van der Waals surface area contributed by atoms with E-state index >= 15 is 0 Å². The van der Waals surface area contributed by atoms with Crippen LogP contribution < -0.4 is 20.1 Å². The molecule has 0 aliphatic carbocycles. The van der Waals surface area contributed by atoms with E-state index in [-0.39, 0.29) is 5.91 Å². The topological polar surface area (TPSA) is 62.8 Å². The van der Waals surface area contributed by atoms with Gasteiger partial charge < -0.3 is 20.1 Å². The summed E-state index contributed by atoms with van der Waals surface area (Å²) in [5.41, 5.74) is 8.27. The van der Waals surface area contributed by atoms with Gasteiger partial charge in [0.1, 0.15) is 0 Å². The number of amides is 1. The van der Waals surface area contributed by atoms with Gasteiger partial charge in [0.25, 0.3) is 5.91 Å². The van der Waals surface area contributed by atoms with E-state index in [4.69, 9.17) is 9.47 Å². The molecule has 44 heavy (non-hydrogen) atoms. The molecule has 6 heteroatoms. The van der Waals surface area contributed by atoms with Crippen molar-refractivity contribution in [3.8, 4) is 11.5 Å². The molecule has 0 radical (unpaired) electrons. The molecular weight excluding hydrogens is 546 g/mol. The van der Waals surface area contributed by atoms with Crippen LogP contribution in [-0.2, 0) is 24.4 Å². The molecule has 0 fully saturated rings. The largest absolute Gasteiger partial charge is 0.493 e. The van der Waals surface area contributed by atoms with Crippen molar-refractivity contribution in [2.75, 3.05) is 24.9 Å². The standard InChI is InChI=1S/C38H35N3O3/c1-43-34-22-32-33(23-35(34)44-2)40-38(42)36(32)37(30-16-10-5-11-17-30)39-31-20-18-29(19-21-31)26-41(24-27-12-6-3-7-13-27)25-28-14-8-4-9-15-28/h3-23,39H,24-26H2,1-2H3,(H,40,42). The molecule has 0 unspecified atom stereocenters. The maximum atomic E-state index is 13.4. The smallest absolute Gasteiger partial charge is 0.258 e. The number of hydrogen-bond acceptors (Lipinski definition) is 5. The Morgan fingerprint density at radius 2 is 1.16 bits per heavy atom. The number of rotatable bonds is 11. The van der Waals surface area contributed by atoms with Gasteiger partial charge in [-0.15, -0.1) is 0 Å². The molecule has 6 rings (SSSR count). The molecule has 1 heterocycles. The molecule has 1 amide bonds. The van der Waals surface area contributed by atoms with Crippen LogP contribution >= 0.6 is 0 Å². The third-order valence-electron chi connectivity index (χ3n) is 7.71. The van der Waals surface area contributed by atoms with E-state index in [2.05, 4.69) is 100 Å². The Hall–Kier alpha value is -5.33. The Morgan fingerprint density at radius 3 is 1.70 bits per heavy atom. The molecule has 2 N–H and O–H groups in total. The molecule has 1 aliphatic heterocycles. The van der Waals surface area contributed by atoms with Gasteiger partial charge in [0.05, 0.1) is 31.2 Å². The summed E-state index contributed by atoms with van der Waals surface area (Å²) in [6, 6.07) is 43.1. The van der Waals surface area contributed by atoms with E-state index in [1.807, 2.05) is 36.4 Å². The number of nitrogens with zero attached hydrogens (tertiary/aromatic N) is 1. The van der Waals surface area contributed by atoms with E-state index in [0.29, 0.717) is 22.8 Å². The first-order valence-corrected chi connectivity index (χ1v) is 14.6. The third-order valence-corrected chi connectivity index (χ3v) is 7.71. The number of carbonyl (C=O) groups excluding carboxylic acids is 1. The van der Waals surface area contributed by atoms with E-state index in [0.717, 1.165) is 42.1 Å². The summed E-state index contributed by atoms with van der Waals surface area (Å²) >= 11 is 0. The van der Waals surface area contributed by atoms with Crippen LogP contribution in [0.15, 0.2) is 127 Å². The van der Waals surface area contributed by atoms with Crippen LogP contribution in [0.25, 0.3) is 11.3 Å². The normalized spacial score (nSPS) is 13.3. The van der Waals surface area contributed by atoms with Crippen molar-refractivity contribution in [3.63, 3.8) is 0 Å². The van der Waals surface area contributed by atoms with Crippen LogP contribution in [0.2, 0.25) is 0 Å². The van der Waals surface area contributed by atoms with Crippen molar-refractivity contribution in [3.05, 3.63) is 155 Å². The third kappa shape index (κ3) is 6.51. The lowest BCUT2D eigenvalue weighted by Gasteiger charge is -2.23. The summed E-state index contributed by atoms with van der Waals surface area (Å²) in [7, 11) is 3.18. The van der Waals surface area contributed by atoms with Crippen molar-refractivity contribution < 1.29 is 14.3 Å². The van der Waals surface area contributed by atoms with Gasteiger partial charge in [0, 0.05) is 37.0 Å². The van der Waals surface area contributed by atoms with Gasteiger partial charge in [0.2, 0.25) is 0 Å². The van der Waals surface area contributed by atoms with Crippen molar-refractivity contribution in [2.24, 2.45) is 0 Å². The van der Waals surface area contributed by atoms with Crippen LogP contribution in [0.1, 0.15) is 27.8 Å². The SMILES string of the molecule is COc1cc2c(cc1OC)C(=C(Nc1ccc(CN(Cc3ccccc3)Cc3ccccc3)cc1)c1ccccc1)C(=O)N2. The number of ether oxygens (including phenoxy) is 2. The lowest BCUT2D eigenvalue weighted by molar-refractivity contribution is -0.110. The van der Waals surface area contributed by atoms with Crippen LogP contribution in [0.5, 0.6) is 11.5 Å². The number of carbonyl (C=O) groups is 1. The first kappa shape index (κ1) is 28.8. The molecular formula is C38H35N3O3. The minimum absolute atomic E-state index is 0.184. The first-order valence-electron chi connectivity index (χ1n) is 14.6. The Kier molecular flexibility index (Phi) is 8.71. The summed E-state index contributed by atoms with van der Waals surface area (Å²) in [5.74, 6) is 0.939. The second kappa shape index (κ2) is 13.3. The minimum Gasteiger partial charge on any atom is -0.493 e. The number of fused-ring (bicyclic) bond motifs is 1. The van der Waals surface area contributed by atoms with Crippen molar-refractivity contribution in [2.45, 2.75) is 19.6 Å². The van der Waals surface area contributed by atoms with Gasteiger partial charge in [-0.2, -0.15) is 0 Å². The molecule has 0 atom stereocenters. The van der Waals surface area contributed by atoms with Crippen LogP contribution in [0, 0.1) is 0 Å². The average molecular weight is 582 g/mol. The maximum absolute atomic E-state index is 13.4. The van der Waals surface area contributed by atoms with E-state index in [1.165, 1.54) is 16.7 Å². The number of methoxy groups -OCH3 is 2. The summed E-state index contributed by atoms with van der Waals surface area (Å²) in [6.07, 6.45) is 0. The Labute approximate surface area is 258 Å². The predicted octanol–water partition coefficient (Wildman–Crippen LogP) is 7.84. The highest BCUT2D eigenvalue weighted by molar-refractivity contribution is 6.37. The quantitative estimate of drug-likeness (QED) is 0.156. The highest BCUT2D eigenvalue weighted by atomic mass is 16.5. The zero-order chi connectivity index (χ0) is 30.3. The molecule has 1 aliphatic rings. The van der Waals surface area contributed by atoms with E-state index in [9.17, 15) is 4.79 Å². The first-order chi connectivity index (χ1) is 21.6. The van der Waals surface area contributed by atoms with Gasteiger partial charge in [-0.3, -0.25) is 9.69 Å². The van der Waals surface area contributed by atoms with Crippen molar-refractivity contribution in [1.82, 2.24) is 4.90 Å². The maximum Gasteiger partial charge on any atom is 0.258 e. The number of nitrogens with one attached hydrogen (secondary N) is 2. The Bertz CT molecular complexity index is 1710. The zero-order valence-electron chi connectivity index (χ0n) is 24.9. The molecule has 220 valence electrons. The summed E-state index contributed by atoms with van der Waals surface area (Å²) in [4.78, 5) is 15.9. The fourth-order valence-electron chi connectivity index (χ4n) is 5.58. The molecule has 0 bridgehead atoms. The van der Waals surface area contributed by atoms with Crippen LogP contribution in [-0.4, -0.2) is 25.0 Å². The van der Waals surface area contributed by atoms with Gasteiger partial charge in [-0.25, -0.2) is 0 Å². The van der Waals surface area contributed by atoms with Gasteiger partial charge in [0.15, 0.2) is 11.5 Å². The molecule has 0 saturated heterocycles. The second-order valence-corrected chi connectivity index (χ2v) is 10.8. The molecule has 5 aromatic carbocycles. The van der Waals surface area contributed by atoms with Crippen molar-refractivity contribution in [1.29, 1.82) is 0 Å². The van der Waals surface area contributed by atoms with Gasteiger partial charge in [-0.05, 0) is 40.5 Å². The fourth-order valence-corrected chi connectivity index (χ4v) is 5.58. The van der Waals surface area contributed by atoms with Gasteiger partial charge >= 0.3 is 0 Å². The second-order valence-electron chi connectivity index (χ2n) is 10.8. The highest BCUT2D eigenvalue weighted by Crippen LogP contribution is 2.43. The number of anilines is 2. The predicted molar refractivity (Wildman–Crippen MR) is 177 cm³/mol. The molecule has 0 saturated carbocycles. The summed E-state index contributed by atoms with van der Waals surface area (Å²) in [5, 5.41) is 6.57. The zero-order valence-corrected chi connectivity index (χ0v) is 24.9. The highest BCUT2D eigenvalue weighted by Gasteiger charge is 2.30. The van der Waals surface area contributed by atoms with E-state index < -0.39 is 0 Å². The lowest BCUT2D eigenvalue weighted by atomic mass is 9.99. The molecule has 0 spiro atoms. The van der Waals surface area contributed by atoms with Crippen LogP contribution in [0.4, 0.5) is 11.4 Å². The van der Waals surface area contributed by atoms with E-state index in [1.54, 1.807) is 20.3 Å². The Balaban J connectivity index is 1.29. The molecule has 5 aromatic rings. The minimum atomic E-state index is -0.184.